The number of amides is 1. The lowest BCUT2D eigenvalue weighted by atomic mass is 10.1. The van der Waals surface area contributed by atoms with Crippen LogP contribution in [0, 0.1) is 0 Å². The Bertz CT molecular complexity index is 534. The first kappa shape index (κ1) is 14.2. The van der Waals surface area contributed by atoms with E-state index in [1.165, 1.54) is 0 Å². The Morgan fingerprint density at radius 2 is 2.15 bits per heavy atom. The van der Waals surface area contributed by atoms with E-state index in [-0.39, 0.29) is 5.91 Å². The Morgan fingerprint density at radius 3 is 2.90 bits per heavy atom. The van der Waals surface area contributed by atoms with Crippen molar-refractivity contribution in [2.45, 2.75) is 19.3 Å². The third-order valence-electron chi connectivity index (χ3n) is 3.05. The van der Waals surface area contributed by atoms with E-state index in [0.29, 0.717) is 19.4 Å². The van der Waals surface area contributed by atoms with Gasteiger partial charge in [-0.05, 0) is 36.2 Å². The van der Waals surface area contributed by atoms with Gasteiger partial charge in [-0.2, -0.15) is 0 Å². The Kier molecular flexibility index (Phi) is 5.24. The smallest absolute Gasteiger partial charge is 0.220 e. The molecule has 0 aliphatic rings. The number of methoxy groups -OCH3 is 1. The van der Waals surface area contributed by atoms with Gasteiger partial charge in [0.15, 0.2) is 0 Å². The molecular weight excluding hydrogens is 254 g/mol. The second-order valence-electron chi connectivity index (χ2n) is 4.53. The van der Waals surface area contributed by atoms with Gasteiger partial charge < -0.3 is 14.5 Å². The molecule has 0 saturated heterocycles. The van der Waals surface area contributed by atoms with Crippen LogP contribution in [-0.4, -0.2) is 19.6 Å². The summed E-state index contributed by atoms with van der Waals surface area (Å²) in [4.78, 5) is 11.7. The molecule has 4 heteroatoms. The van der Waals surface area contributed by atoms with Crippen LogP contribution >= 0.6 is 0 Å². The van der Waals surface area contributed by atoms with Crippen molar-refractivity contribution in [1.29, 1.82) is 0 Å². The largest absolute Gasteiger partial charge is 0.497 e. The molecule has 1 heterocycles. The number of rotatable bonds is 7. The van der Waals surface area contributed by atoms with E-state index in [0.717, 1.165) is 23.5 Å². The Hall–Kier alpha value is -2.23. The first-order valence-electron chi connectivity index (χ1n) is 6.70. The van der Waals surface area contributed by atoms with E-state index in [1.54, 1.807) is 13.4 Å². The third-order valence-corrected chi connectivity index (χ3v) is 3.05. The minimum absolute atomic E-state index is 0.0550. The Balaban J connectivity index is 1.69. The molecule has 1 amide bonds. The zero-order valence-electron chi connectivity index (χ0n) is 11.6. The molecule has 0 saturated carbocycles. The molecule has 1 aromatic carbocycles. The van der Waals surface area contributed by atoms with Crippen molar-refractivity contribution in [3.63, 3.8) is 0 Å². The summed E-state index contributed by atoms with van der Waals surface area (Å²) >= 11 is 0. The number of carbonyl (C=O) groups excluding carboxylic acids is 1. The van der Waals surface area contributed by atoms with Crippen molar-refractivity contribution in [3.8, 4) is 5.75 Å². The summed E-state index contributed by atoms with van der Waals surface area (Å²) in [7, 11) is 1.64. The molecule has 1 N–H and O–H groups in total. The highest BCUT2D eigenvalue weighted by molar-refractivity contribution is 5.76. The van der Waals surface area contributed by atoms with Crippen molar-refractivity contribution < 1.29 is 13.9 Å². The van der Waals surface area contributed by atoms with Crippen LogP contribution < -0.4 is 10.1 Å². The number of carbonyl (C=O) groups is 1. The number of hydrogen-bond acceptors (Lipinski definition) is 3. The number of aryl methyl sites for hydroxylation is 1. The zero-order valence-corrected chi connectivity index (χ0v) is 11.6. The topological polar surface area (TPSA) is 51.5 Å². The molecule has 0 spiro atoms. The number of nitrogens with one attached hydrogen (secondary N) is 1. The number of benzene rings is 1. The average molecular weight is 273 g/mol. The van der Waals surface area contributed by atoms with Gasteiger partial charge in [0.2, 0.25) is 5.91 Å². The SMILES string of the molecule is COc1cccc(CCC(=O)NCCc2ccco2)c1. The summed E-state index contributed by atoms with van der Waals surface area (Å²) in [5.41, 5.74) is 1.10. The molecule has 2 aromatic rings. The van der Waals surface area contributed by atoms with Gasteiger partial charge >= 0.3 is 0 Å². The number of ether oxygens (including phenoxy) is 1. The van der Waals surface area contributed by atoms with Crippen molar-refractivity contribution in [2.75, 3.05) is 13.7 Å². The maximum Gasteiger partial charge on any atom is 0.220 e. The van der Waals surface area contributed by atoms with Gasteiger partial charge in [-0.3, -0.25) is 4.79 Å². The molecule has 2 rings (SSSR count). The van der Waals surface area contributed by atoms with Crippen LogP contribution in [-0.2, 0) is 17.6 Å². The van der Waals surface area contributed by atoms with Crippen LogP contribution in [0.4, 0.5) is 0 Å². The van der Waals surface area contributed by atoms with E-state index in [2.05, 4.69) is 5.32 Å². The fraction of sp³-hybridized carbons (Fsp3) is 0.312. The molecule has 106 valence electrons. The highest BCUT2D eigenvalue weighted by Gasteiger charge is 2.03. The van der Waals surface area contributed by atoms with Gasteiger partial charge in [-0.1, -0.05) is 12.1 Å². The molecule has 0 fully saturated rings. The van der Waals surface area contributed by atoms with Gasteiger partial charge in [0, 0.05) is 19.4 Å². The Labute approximate surface area is 118 Å². The van der Waals surface area contributed by atoms with Crippen LogP contribution in [0.25, 0.3) is 0 Å². The van der Waals surface area contributed by atoms with Crippen LogP contribution in [0.15, 0.2) is 47.1 Å². The fourth-order valence-electron chi connectivity index (χ4n) is 1.95. The summed E-state index contributed by atoms with van der Waals surface area (Å²) < 4.78 is 10.4. The van der Waals surface area contributed by atoms with Crippen molar-refractivity contribution in [2.24, 2.45) is 0 Å². The lowest BCUT2D eigenvalue weighted by molar-refractivity contribution is -0.121. The molecule has 0 unspecified atom stereocenters. The Morgan fingerprint density at radius 1 is 1.25 bits per heavy atom. The molecule has 0 radical (unpaired) electrons. The quantitative estimate of drug-likeness (QED) is 0.843. The summed E-state index contributed by atoms with van der Waals surface area (Å²) in [5.74, 6) is 1.76. The predicted molar refractivity (Wildman–Crippen MR) is 76.7 cm³/mol. The van der Waals surface area contributed by atoms with E-state index in [9.17, 15) is 4.79 Å². The summed E-state index contributed by atoms with van der Waals surface area (Å²) in [5, 5.41) is 2.89. The molecule has 0 aliphatic heterocycles. The van der Waals surface area contributed by atoms with E-state index in [4.69, 9.17) is 9.15 Å². The second-order valence-corrected chi connectivity index (χ2v) is 4.53. The molecule has 0 bridgehead atoms. The molecule has 1 aromatic heterocycles. The highest BCUT2D eigenvalue weighted by Crippen LogP contribution is 2.13. The van der Waals surface area contributed by atoms with Gasteiger partial charge in [0.1, 0.15) is 11.5 Å². The first-order valence-corrected chi connectivity index (χ1v) is 6.70. The maximum atomic E-state index is 11.7. The minimum atomic E-state index is 0.0550. The average Bonchev–Trinajstić information content (AvgIpc) is 2.98. The van der Waals surface area contributed by atoms with Crippen LogP contribution in [0.1, 0.15) is 17.7 Å². The van der Waals surface area contributed by atoms with Crippen molar-refractivity contribution in [1.82, 2.24) is 5.32 Å². The molecular formula is C16H19NO3. The van der Waals surface area contributed by atoms with Gasteiger partial charge in [-0.25, -0.2) is 0 Å². The normalized spacial score (nSPS) is 10.2. The van der Waals surface area contributed by atoms with Gasteiger partial charge in [-0.15, -0.1) is 0 Å². The number of furan rings is 1. The summed E-state index contributed by atoms with van der Waals surface area (Å²) in [6, 6.07) is 11.5. The molecule has 0 atom stereocenters. The minimum Gasteiger partial charge on any atom is -0.497 e. The molecule has 20 heavy (non-hydrogen) atoms. The molecule has 4 nitrogen and oxygen atoms in total. The second kappa shape index (κ2) is 7.38. The maximum absolute atomic E-state index is 11.7. The fourth-order valence-corrected chi connectivity index (χ4v) is 1.95. The highest BCUT2D eigenvalue weighted by atomic mass is 16.5. The standard InChI is InChI=1S/C16H19NO3/c1-19-15-5-2-4-13(12-15)7-8-16(18)17-10-9-14-6-3-11-20-14/h2-6,11-12H,7-10H2,1H3,(H,17,18). The summed E-state index contributed by atoms with van der Waals surface area (Å²) in [6.07, 6.45) is 3.55. The monoisotopic (exact) mass is 273 g/mol. The summed E-state index contributed by atoms with van der Waals surface area (Å²) in [6.45, 7) is 0.602. The molecule has 0 aliphatic carbocycles. The van der Waals surface area contributed by atoms with Crippen molar-refractivity contribution in [3.05, 3.63) is 54.0 Å². The van der Waals surface area contributed by atoms with Crippen LogP contribution in [0.2, 0.25) is 0 Å². The number of hydrogen-bond donors (Lipinski definition) is 1. The van der Waals surface area contributed by atoms with Crippen molar-refractivity contribution >= 4 is 5.91 Å². The third kappa shape index (κ3) is 4.46. The van der Waals surface area contributed by atoms with Crippen LogP contribution in [0.5, 0.6) is 5.75 Å². The van der Waals surface area contributed by atoms with Crippen LogP contribution in [0.3, 0.4) is 0 Å². The first-order chi connectivity index (χ1) is 9.78. The predicted octanol–water partition coefficient (Wildman–Crippen LogP) is 2.58. The van der Waals surface area contributed by atoms with Gasteiger partial charge in [0.05, 0.1) is 13.4 Å². The van der Waals surface area contributed by atoms with E-state index < -0.39 is 0 Å². The van der Waals surface area contributed by atoms with E-state index in [1.807, 2.05) is 36.4 Å². The lowest BCUT2D eigenvalue weighted by Crippen LogP contribution is -2.25. The lowest BCUT2D eigenvalue weighted by Gasteiger charge is -2.06. The zero-order chi connectivity index (χ0) is 14.2. The van der Waals surface area contributed by atoms with E-state index >= 15 is 0 Å². The van der Waals surface area contributed by atoms with Gasteiger partial charge in [0.25, 0.3) is 0 Å².